The number of nitrogens with one attached hydrogen (secondary N) is 1. The van der Waals surface area contributed by atoms with E-state index in [-0.39, 0.29) is 11.7 Å². The molecule has 8 nitrogen and oxygen atoms in total. The van der Waals surface area contributed by atoms with Crippen LogP contribution in [0.5, 0.6) is 0 Å². The molecule has 0 radical (unpaired) electrons. The second-order valence-corrected chi connectivity index (χ2v) is 6.59. The third-order valence-corrected chi connectivity index (χ3v) is 4.37. The lowest BCUT2D eigenvalue weighted by atomic mass is 10.0. The van der Waals surface area contributed by atoms with E-state index in [9.17, 15) is 14.0 Å². The fraction of sp³-hybridized carbons (Fsp3) is 0.0556. The zero-order chi connectivity index (χ0) is 19.0. The molecule has 27 heavy (non-hydrogen) atoms. The zero-order valence-electron chi connectivity index (χ0n) is 14.2. The van der Waals surface area contributed by atoms with Crippen molar-refractivity contribution < 1.29 is 38.1 Å². The highest BCUT2D eigenvalue weighted by Gasteiger charge is 2.46. The van der Waals surface area contributed by atoms with Crippen molar-refractivity contribution in [2.24, 2.45) is 0 Å². The number of halogens is 1. The molecule has 138 valence electrons. The molecule has 0 saturated carbocycles. The smallest absolute Gasteiger partial charge is 0.371 e. The van der Waals surface area contributed by atoms with Gasteiger partial charge in [-0.2, -0.15) is 14.0 Å². The van der Waals surface area contributed by atoms with Crippen molar-refractivity contribution in [2.45, 2.75) is 0 Å². The normalized spacial score (nSPS) is 15.9. The summed E-state index contributed by atoms with van der Waals surface area (Å²) in [4.78, 5) is 0. The molecule has 4 rings (SSSR count). The van der Waals surface area contributed by atoms with E-state index >= 15 is 0 Å². The van der Waals surface area contributed by atoms with Crippen molar-refractivity contribution in [3.8, 4) is 0 Å². The first-order chi connectivity index (χ1) is 13.0. The number of hydrogen-bond acceptors (Lipinski definition) is 7. The van der Waals surface area contributed by atoms with Crippen molar-refractivity contribution >= 4 is 17.6 Å². The van der Waals surface area contributed by atoms with E-state index in [4.69, 9.17) is 9.13 Å². The van der Waals surface area contributed by atoms with Crippen LogP contribution < -0.4 is 19.4 Å². The molecular weight excluding hydrogens is 374 g/mol. The second-order valence-electron chi connectivity index (χ2n) is 5.70. The summed E-state index contributed by atoms with van der Waals surface area (Å²) in [5.41, 5.74) is 5.82. The van der Waals surface area contributed by atoms with Gasteiger partial charge in [0.25, 0.3) is 0 Å². The van der Waals surface area contributed by atoms with Gasteiger partial charge in [-0.3, -0.25) is 0 Å². The van der Waals surface area contributed by atoms with Gasteiger partial charge < -0.3 is 4.74 Å². The lowest BCUT2D eigenvalue weighted by Gasteiger charge is -2.27. The Balaban J connectivity index is 1.98. The molecule has 9 heteroatoms. The molecular formula is C18H15ClN3O5+. The fourth-order valence-electron chi connectivity index (χ4n) is 2.99. The van der Waals surface area contributed by atoms with Crippen LogP contribution in [0.15, 0.2) is 66.7 Å². The van der Waals surface area contributed by atoms with Gasteiger partial charge >= 0.3 is 11.7 Å². The summed E-state index contributed by atoms with van der Waals surface area (Å²) in [5.74, 6) is 0.320. The van der Waals surface area contributed by atoms with E-state index in [2.05, 4.69) is 5.43 Å². The van der Waals surface area contributed by atoms with Gasteiger partial charge in [0.15, 0.2) is 15.9 Å². The number of ether oxygens (including phenoxy) is 1. The number of rotatable bonds is 4. The largest absolute Gasteiger partial charge is 0.461 e. The maximum atomic E-state index is 11.4. The minimum absolute atomic E-state index is 0.0319. The minimum atomic E-state index is -4.76. The van der Waals surface area contributed by atoms with Crippen molar-refractivity contribution in [1.82, 2.24) is 10.4 Å². The highest BCUT2D eigenvalue weighted by molar-refractivity contribution is 6.02. The second kappa shape index (κ2) is 6.60. The summed E-state index contributed by atoms with van der Waals surface area (Å²) in [7, 11) is -3.39. The minimum Gasteiger partial charge on any atom is -0.461 e. The number of amidine groups is 1. The Bertz CT molecular complexity index is 966. The van der Waals surface area contributed by atoms with Crippen molar-refractivity contribution in [3.05, 3.63) is 83.4 Å². The third-order valence-electron chi connectivity index (χ3n) is 4.07. The summed E-state index contributed by atoms with van der Waals surface area (Å²) in [5, 5.41) is 1.56. The molecule has 0 saturated heterocycles. The number of hydroxylamine groups is 1. The van der Waals surface area contributed by atoms with Crippen LogP contribution in [-0.4, -0.2) is 22.7 Å². The Kier molecular flexibility index (Phi) is 4.25. The number of hydrogen-bond donors (Lipinski definition) is 1. The van der Waals surface area contributed by atoms with Gasteiger partial charge in [0.2, 0.25) is 0 Å². The molecule has 0 aromatic heterocycles. The van der Waals surface area contributed by atoms with Crippen LogP contribution in [0.25, 0.3) is 11.8 Å². The number of fused-ring (bicyclic) bond motifs is 3. The molecule has 2 aliphatic rings. The highest BCUT2D eigenvalue weighted by Crippen LogP contribution is 2.28. The summed E-state index contributed by atoms with van der Waals surface area (Å²) in [6.45, 7) is 0. The Labute approximate surface area is 157 Å². The summed E-state index contributed by atoms with van der Waals surface area (Å²) in [6, 6.07) is 16.4. The molecule has 1 N–H and O–H groups in total. The van der Waals surface area contributed by atoms with Crippen molar-refractivity contribution in [1.29, 1.82) is 0 Å². The summed E-state index contributed by atoms with van der Waals surface area (Å²) < 4.78 is 45.2. The zero-order valence-corrected chi connectivity index (χ0v) is 14.9. The maximum Gasteiger partial charge on any atom is 0.371 e. The first kappa shape index (κ1) is 17.4. The van der Waals surface area contributed by atoms with Gasteiger partial charge in [-0.1, -0.05) is 48.5 Å². The molecule has 2 aromatic carbocycles. The van der Waals surface area contributed by atoms with Gasteiger partial charge in [0.1, 0.15) is 15.3 Å². The van der Waals surface area contributed by atoms with Crippen LogP contribution in [0.2, 0.25) is 0 Å². The summed E-state index contributed by atoms with van der Waals surface area (Å²) in [6.07, 6.45) is 3.56. The number of methoxy groups -OCH3 is 1. The van der Waals surface area contributed by atoms with Gasteiger partial charge in [-0.05, 0) is 17.7 Å². The fourth-order valence-corrected chi connectivity index (χ4v) is 3.29. The molecule has 0 unspecified atom stereocenters. The van der Waals surface area contributed by atoms with Crippen LogP contribution in [0.3, 0.4) is 0 Å². The van der Waals surface area contributed by atoms with E-state index in [0.29, 0.717) is 16.8 Å². The van der Waals surface area contributed by atoms with Gasteiger partial charge in [0.05, 0.1) is 12.7 Å². The maximum absolute atomic E-state index is 11.4. The van der Waals surface area contributed by atoms with Crippen LogP contribution in [0, 0.1) is 10.2 Å². The molecule has 0 fully saturated rings. The number of benzene rings is 2. The quantitative estimate of drug-likeness (QED) is 0.673. The van der Waals surface area contributed by atoms with Gasteiger partial charge in [-0.25, -0.2) is 5.43 Å². The summed E-state index contributed by atoms with van der Waals surface area (Å²) >= 11 is 0. The van der Waals surface area contributed by atoms with Crippen molar-refractivity contribution in [3.63, 3.8) is 0 Å². The lowest BCUT2D eigenvalue weighted by Crippen LogP contribution is -2.64. The Morgan fingerprint density at radius 3 is 2.41 bits per heavy atom. The predicted molar refractivity (Wildman–Crippen MR) is 86.3 cm³/mol. The van der Waals surface area contributed by atoms with E-state index in [1.165, 1.54) is 7.11 Å². The topological polar surface area (TPSA) is 106 Å². The monoisotopic (exact) mass is 388 g/mol. The molecule has 0 aliphatic carbocycles. The predicted octanol–water partition coefficient (Wildman–Crippen LogP) is -0.948. The molecule has 0 amide bonds. The van der Waals surface area contributed by atoms with E-state index in [1.54, 1.807) is 23.3 Å². The average molecular weight is 389 g/mol. The van der Waals surface area contributed by atoms with E-state index in [1.807, 2.05) is 48.5 Å². The molecule has 0 atom stereocenters. The van der Waals surface area contributed by atoms with Crippen LogP contribution in [0.1, 0.15) is 16.7 Å². The molecule has 0 spiro atoms. The number of nitrogens with zero attached hydrogens (tertiary/aromatic N) is 2. The van der Waals surface area contributed by atoms with Crippen LogP contribution in [0.4, 0.5) is 0 Å². The third kappa shape index (κ3) is 3.22. The van der Waals surface area contributed by atoms with Crippen molar-refractivity contribution in [2.75, 3.05) is 7.11 Å². The van der Waals surface area contributed by atoms with Crippen LogP contribution in [-0.2, 0) is 9.13 Å². The van der Waals surface area contributed by atoms with Crippen LogP contribution >= 0.6 is 0 Å². The average Bonchev–Trinajstić information content (AvgIpc) is 2.66. The Morgan fingerprint density at radius 2 is 1.70 bits per heavy atom. The highest BCUT2D eigenvalue weighted by atomic mass is 35.7. The molecule has 0 bridgehead atoms. The standard InChI is InChI=1S/C18H15ClN3O5/c1-26-18-16(14-8-3-2-4-9-14)20-21-12-11-13-7-5-6-10-15(13)17(21)22(18)27-19(23,24)25/h2-12,20H,1H3/q+1. The lowest BCUT2D eigenvalue weighted by molar-refractivity contribution is -1.94. The first-order valence-electron chi connectivity index (χ1n) is 7.92. The Hall–Kier alpha value is -3.04. The molecule has 2 aromatic rings. The molecule has 2 aliphatic heterocycles. The first-order valence-corrected chi connectivity index (χ1v) is 9.16. The van der Waals surface area contributed by atoms with E-state index in [0.717, 1.165) is 10.3 Å². The Morgan fingerprint density at radius 1 is 1.00 bits per heavy atom. The van der Waals surface area contributed by atoms with Gasteiger partial charge in [0, 0.05) is 5.56 Å². The number of hydrazine groups is 1. The molecule has 2 heterocycles. The van der Waals surface area contributed by atoms with E-state index < -0.39 is 10.2 Å². The SMILES string of the molecule is COC1=C(c2ccccc2)NN2C=Cc3ccccc3C2=[N+]1O[Cl+3]([O-])([O-])[O-]. The van der Waals surface area contributed by atoms with Gasteiger partial charge in [-0.15, -0.1) is 5.01 Å².